The smallest absolute Gasteiger partial charge is 0.236 e. The van der Waals surface area contributed by atoms with E-state index < -0.39 is 17.6 Å². The summed E-state index contributed by atoms with van der Waals surface area (Å²) in [4.78, 5) is 18.4. The highest BCUT2D eigenvalue weighted by molar-refractivity contribution is 5.81. The van der Waals surface area contributed by atoms with Crippen molar-refractivity contribution in [1.29, 1.82) is 0 Å². The molecule has 2 aromatic rings. The number of methoxy groups -OCH3 is 1. The molecule has 4 rings (SSSR count). The fraction of sp³-hybridized carbons (Fsp3) is 0.458. The maximum absolute atomic E-state index is 14.1. The molecule has 0 aliphatic carbocycles. The summed E-state index contributed by atoms with van der Waals surface area (Å²) in [5.41, 5.74) is 6.39. The van der Waals surface area contributed by atoms with Gasteiger partial charge in [0, 0.05) is 45.0 Å². The highest BCUT2D eigenvalue weighted by atomic mass is 19.1. The van der Waals surface area contributed by atoms with Gasteiger partial charge in [0.2, 0.25) is 5.91 Å². The van der Waals surface area contributed by atoms with Gasteiger partial charge in [-0.3, -0.25) is 9.69 Å². The number of amides is 1. The molecule has 172 valence electrons. The van der Waals surface area contributed by atoms with Crippen molar-refractivity contribution in [3.8, 4) is 5.75 Å². The maximum atomic E-state index is 14.1. The van der Waals surface area contributed by atoms with Gasteiger partial charge in [0.25, 0.3) is 0 Å². The molecule has 0 spiro atoms. The number of hydrogen-bond donors (Lipinski definition) is 2. The lowest BCUT2D eigenvalue weighted by molar-refractivity contribution is -0.125. The summed E-state index contributed by atoms with van der Waals surface area (Å²) in [6.45, 7) is 3.32. The fourth-order valence-corrected chi connectivity index (χ4v) is 4.72. The number of rotatable bonds is 6. The lowest BCUT2D eigenvalue weighted by Crippen LogP contribution is -2.62. The van der Waals surface area contributed by atoms with Crippen LogP contribution in [0.4, 0.5) is 15.8 Å². The van der Waals surface area contributed by atoms with Crippen molar-refractivity contribution in [3.63, 3.8) is 0 Å². The van der Waals surface area contributed by atoms with Gasteiger partial charge in [-0.05, 0) is 49.2 Å². The van der Waals surface area contributed by atoms with Crippen LogP contribution >= 0.6 is 0 Å². The Morgan fingerprint density at radius 1 is 1.09 bits per heavy atom. The van der Waals surface area contributed by atoms with Crippen molar-refractivity contribution in [2.75, 3.05) is 56.2 Å². The molecular formula is C24H31FN4O3. The van der Waals surface area contributed by atoms with E-state index in [1.807, 2.05) is 40.1 Å². The number of nitrogens with zero attached hydrogens (tertiary/aromatic N) is 3. The van der Waals surface area contributed by atoms with Crippen LogP contribution in [-0.4, -0.2) is 73.9 Å². The van der Waals surface area contributed by atoms with Gasteiger partial charge in [0.15, 0.2) is 0 Å². The lowest BCUT2D eigenvalue weighted by atomic mass is 9.89. The summed E-state index contributed by atoms with van der Waals surface area (Å²) in [5.74, 6) is 0.139. The topological polar surface area (TPSA) is 82.3 Å². The van der Waals surface area contributed by atoms with E-state index in [0.29, 0.717) is 51.3 Å². The standard InChI is InChI=1S/C24H31FN4O3/c1-32-19-8-6-18(7-9-19)28-14-15-29(22(16-28)23(26)30)17-24(31)10-12-27(13-11-24)21-5-3-2-4-20(21)25/h2-9,22,31H,10-17H2,1H3,(H2,26,30)/t22-/m0/s1. The zero-order valence-electron chi connectivity index (χ0n) is 18.4. The number of carbonyl (C=O) groups is 1. The van der Waals surface area contributed by atoms with E-state index in [-0.39, 0.29) is 5.82 Å². The molecular weight excluding hydrogens is 411 g/mol. The molecule has 3 N–H and O–H groups in total. The number of halogens is 1. The molecule has 7 nitrogen and oxygen atoms in total. The average Bonchev–Trinajstić information content (AvgIpc) is 2.80. The van der Waals surface area contributed by atoms with Gasteiger partial charge in [-0.1, -0.05) is 12.1 Å². The molecule has 1 atom stereocenters. The second-order valence-electron chi connectivity index (χ2n) is 8.70. The van der Waals surface area contributed by atoms with Crippen molar-refractivity contribution in [2.24, 2.45) is 5.73 Å². The zero-order valence-corrected chi connectivity index (χ0v) is 18.4. The summed E-state index contributed by atoms with van der Waals surface area (Å²) in [7, 11) is 1.63. The van der Waals surface area contributed by atoms with Crippen LogP contribution in [0.1, 0.15) is 12.8 Å². The molecule has 2 aliphatic rings. The highest BCUT2D eigenvalue weighted by Gasteiger charge is 2.39. The van der Waals surface area contributed by atoms with Crippen LogP contribution in [-0.2, 0) is 4.79 Å². The zero-order chi connectivity index (χ0) is 22.7. The second kappa shape index (κ2) is 9.34. The number of primary amides is 1. The van der Waals surface area contributed by atoms with Crippen molar-refractivity contribution < 1.29 is 19.0 Å². The molecule has 2 saturated heterocycles. The number of ether oxygens (including phenoxy) is 1. The van der Waals surface area contributed by atoms with Gasteiger partial charge in [-0.2, -0.15) is 0 Å². The Bertz CT molecular complexity index is 931. The minimum atomic E-state index is -0.933. The quantitative estimate of drug-likeness (QED) is 0.711. The van der Waals surface area contributed by atoms with E-state index in [0.717, 1.165) is 18.0 Å². The van der Waals surface area contributed by atoms with E-state index in [2.05, 4.69) is 4.90 Å². The second-order valence-corrected chi connectivity index (χ2v) is 8.70. The highest BCUT2D eigenvalue weighted by Crippen LogP contribution is 2.30. The van der Waals surface area contributed by atoms with Crippen molar-refractivity contribution >= 4 is 17.3 Å². The molecule has 1 amide bonds. The number of β-amino-alcohol motifs (C(OH)–C–C–N with tert-alkyl or cyclic N) is 1. The van der Waals surface area contributed by atoms with Crippen LogP contribution < -0.4 is 20.3 Å². The number of hydrogen-bond acceptors (Lipinski definition) is 6. The molecule has 32 heavy (non-hydrogen) atoms. The summed E-state index contributed by atoms with van der Waals surface area (Å²) in [5, 5.41) is 11.3. The third-order valence-electron chi connectivity index (χ3n) is 6.64. The third-order valence-corrected chi connectivity index (χ3v) is 6.64. The average molecular weight is 443 g/mol. The normalized spacial score (nSPS) is 21.4. The first-order valence-electron chi connectivity index (χ1n) is 11.0. The van der Waals surface area contributed by atoms with Gasteiger partial charge in [0.1, 0.15) is 17.6 Å². The van der Waals surface area contributed by atoms with E-state index >= 15 is 0 Å². The number of anilines is 2. The Balaban J connectivity index is 1.39. The Labute approximate surface area is 188 Å². The minimum Gasteiger partial charge on any atom is -0.497 e. The summed E-state index contributed by atoms with van der Waals surface area (Å²) in [6.07, 6.45) is 1.01. The van der Waals surface area contributed by atoms with E-state index in [1.54, 1.807) is 19.2 Å². The van der Waals surface area contributed by atoms with Crippen molar-refractivity contribution in [3.05, 3.63) is 54.3 Å². The van der Waals surface area contributed by atoms with E-state index in [1.165, 1.54) is 6.07 Å². The SMILES string of the molecule is COc1ccc(N2CCN(CC3(O)CCN(c4ccccc4F)CC3)[C@H](C(N)=O)C2)cc1. The fourth-order valence-electron chi connectivity index (χ4n) is 4.72. The molecule has 0 unspecified atom stereocenters. The monoisotopic (exact) mass is 442 g/mol. The Kier molecular flexibility index (Phi) is 6.53. The molecule has 2 heterocycles. The first-order valence-corrected chi connectivity index (χ1v) is 11.0. The molecule has 2 aromatic carbocycles. The van der Waals surface area contributed by atoms with Gasteiger partial charge in [0.05, 0.1) is 18.4 Å². The first-order chi connectivity index (χ1) is 15.4. The summed E-state index contributed by atoms with van der Waals surface area (Å²) < 4.78 is 19.3. The third kappa shape index (κ3) is 4.81. The lowest BCUT2D eigenvalue weighted by Gasteiger charge is -2.46. The number of piperazine rings is 1. The van der Waals surface area contributed by atoms with Crippen LogP contribution in [0.5, 0.6) is 5.75 Å². The predicted octanol–water partition coefficient (Wildman–Crippen LogP) is 1.84. The van der Waals surface area contributed by atoms with E-state index in [9.17, 15) is 14.3 Å². The number of piperidine rings is 1. The predicted molar refractivity (Wildman–Crippen MR) is 123 cm³/mol. The summed E-state index contributed by atoms with van der Waals surface area (Å²) >= 11 is 0. The largest absolute Gasteiger partial charge is 0.497 e. The van der Waals surface area contributed by atoms with Crippen LogP contribution in [0, 0.1) is 5.82 Å². The Hall–Kier alpha value is -2.84. The van der Waals surface area contributed by atoms with Gasteiger partial charge < -0.3 is 25.4 Å². The van der Waals surface area contributed by atoms with Crippen LogP contribution in [0.15, 0.2) is 48.5 Å². The van der Waals surface area contributed by atoms with Crippen molar-refractivity contribution in [1.82, 2.24) is 4.90 Å². The van der Waals surface area contributed by atoms with Gasteiger partial charge in [-0.25, -0.2) is 4.39 Å². The molecule has 8 heteroatoms. The van der Waals surface area contributed by atoms with Crippen molar-refractivity contribution in [2.45, 2.75) is 24.5 Å². The summed E-state index contributed by atoms with van der Waals surface area (Å²) in [6, 6.07) is 14.0. The number of aliphatic hydroxyl groups is 1. The molecule has 0 aromatic heterocycles. The molecule has 0 bridgehead atoms. The number of carbonyl (C=O) groups excluding carboxylic acids is 1. The van der Waals surface area contributed by atoms with Gasteiger partial charge in [-0.15, -0.1) is 0 Å². The molecule has 0 radical (unpaired) electrons. The molecule has 0 saturated carbocycles. The van der Waals surface area contributed by atoms with Crippen LogP contribution in [0.3, 0.4) is 0 Å². The molecule has 2 fully saturated rings. The number of para-hydroxylation sites is 1. The van der Waals surface area contributed by atoms with Crippen LogP contribution in [0.2, 0.25) is 0 Å². The first kappa shape index (κ1) is 22.4. The number of benzene rings is 2. The number of nitrogens with two attached hydrogens (primary N) is 1. The Morgan fingerprint density at radius 2 is 1.78 bits per heavy atom. The van der Waals surface area contributed by atoms with E-state index in [4.69, 9.17) is 10.5 Å². The maximum Gasteiger partial charge on any atom is 0.236 e. The molecule has 2 aliphatic heterocycles. The Morgan fingerprint density at radius 3 is 2.41 bits per heavy atom. The minimum absolute atomic E-state index is 0.249. The van der Waals surface area contributed by atoms with Gasteiger partial charge >= 0.3 is 0 Å². The van der Waals surface area contributed by atoms with Crippen LogP contribution in [0.25, 0.3) is 0 Å².